The van der Waals surface area contributed by atoms with Crippen molar-refractivity contribution in [3.05, 3.63) is 54.4 Å². The molecule has 0 saturated heterocycles. The number of pyridine rings is 2. The number of nitrogens with two attached hydrogens (primary N) is 1. The second kappa shape index (κ2) is 5.33. The van der Waals surface area contributed by atoms with Crippen molar-refractivity contribution >= 4 is 22.6 Å². The number of carboxylic acids is 1. The van der Waals surface area contributed by atoms with Crippen LogP contribution >= 0.6 is 0 Å². The van der Waals surface area contributed by atoms with Crippen LogP contribution in [0.4, 0.5) is 5.69 Å². The number of methoxy groups -OCH3 is 1. The third kappa shape index (κ3) is 2.42. The summed E-state index contributed by atoms with van der Waals surface area (Å²) < 4.78 is 6.78. The SMILES string of the molecule is COc1ccc2cc(C(=O)O)c(-[n+]3cccc(N)c3)nc2c1. The molecule has 0 aliphatic heterocycles. The summed E-state index contributed by atoms with van der Waals surface area (Å²) in [5.41, 5.74) is 7.04. The van der Waals surface area contributed by atoms with E-state index in [2.05, 4.69) is 4.98 Å². The van der Waals surface area contributed by atoms with Gasteiger partial charge in [0, 0.05) is 11.5 Å². The maximum Gasteiger partial charge on any atom is 0.344 e. The Morgan fingerprint density at radius 2 is 2.14 bits per heavy atom. The molecule has 2 heterocycles. The molecule has 22 heavy (non-hydrogen) atoms. The van der Waals surface area contributed by atoms with Gasteiger partial charge in [-0.05, 0) is 35.3 Å². The summed E-state index contributed by atoms with van der Waals surface area (Å²) in [5.74, 6) is -0.0812. The molecule has 6 heteroatoms. The molecule has 0 unspecified atom stereocenters. The summed E-state index contributed by atoms with van der Waals surface area (Å²) in [5, 5.41) is 10.2. The van der Waals surface area contributed by atoms with Gasteiger partial charge in [-0.15, -0.1) is 0 Å². The smallest absolute Gasteiger partial charge is 0.344 e. The zero-order valence-corrected chi connectivity index (χ0v) is 11.9. The zero-order valence-electron chi connectivity index (χ0n) is 11.9. The molecule has 0 saturated carbocycles. The van der Waals surface area contributed by atoms with Gasteiger partial charge < -0.3 is 15.6 Å². The van der Waals surface area contributed by atoms with Gasteiger partial charge in [0.25, 0.3) is 0 Å². The van der Waals surface area contributed by atoms with Crippen LogP contribution in [0, 0.1) is 0 Å². The molecule has 6 nitrogen and oxygen atoms in total. The number of ether oxygens (including phenoxy) is 1. The second-order valence-electron chi connectivity index (χ2n) is 4.77. The summed E-state index contributed by atoms with van der Waals surface area (Å²) in [7, 11) is 1.57. The van der Waals surface area contributed by atoms with Gasteiger partial charge in [0.1, 0.15) is 11.9 Å². The summed E-state index contributed by atoms with van der Waals surface area (Å²) in [4.78, 5) is 16.0. The van der Waals surface area contributed by atoms with E-state index >= 15 is 0 Å². The molecule has 0 aliphatic carbocycles. The van der Waals surface area contributed by atoms with Crippen LogP contribution in [-0.4, -0.2) is 23.2 Å². The Morgan fingerprint density at radius 3 is 2.82 bits per heavy atom. The van der Waals surface area contributed by atoms with E-state index in [9.17, 15) is 9.90 Å². The van der Waals surface area contributed by atoms with Crippen LogP contribution in [0.1, 0.15) is 10.4 Å². The van der Waals surface area contributed by atoms with E-state index in [-0.39, 0.29) is 5.56 Å². The first-order chi connectivity index (χ1) is 10.6. The van der Waals surface area contributed by atoms with Gasteiger partial charge in [-0.2, -0.15) is 0 Å². The lowest BCUT2D eigenvalue weighted by Gasteiger charge is -2.04. The van der Waals surface area contributed by atoms with Gasteiger partial charge in [0.05, 0.1) is 19.0 Å². The molecule has 0 atom stereocenters. The summed E-state index contributed by atoms with van der Waals surface area (Å²) in [6, 6.07) is 10.4. The highest BCUT2D eigenvalue weighted by Crippen LogP contribution is 2.22. The summed E-state index contributed by atoms with van der Waals surface area (Å²) in [6.45, 7) is 0. The van der Waals surface area contributed by atoms with E-state index in [1.165, 1.54) is 0 Å². The van der Waals surface area contributed by atoms with Crippen LogP contribution < -0.4 is 15.0 Å². The Kier molecular flexibility index (Phi) is 3.34. The van der Waals surface area contributed by atoms with Crippen molar-refractivity contribution in [2.45, 2.75) is 0 Å². The number of aromatic nitrogens is 2. The summed E-state index contributed by atoms with van der Waals surface area (Å²) in [6.07, 6.45) is 3.33. The summed E-state index contributed by atoms with van der Waals surface area (Å²) >= 11 is 0. The van der Waals surface area contributed by atoms with Crippen molar-refractivity contribution in [3.8, 4) is 11.6 Å². The molecular weight excluding hydrogens is 282 g/mol. The van der Waals surface area contributed by atoms with Crippen LogP contribution in [-0.2, 0) is 0 Å². The van der Waals surface area contributed by atoms with Gasteiger partial charge in [0.15, 0.2) is 11.1 Å². The number of carbonyl (C=O) groups is 1. The minimum Gasteiger partial charge on any atom is -0.497 e. The van der Waals surface area contributed by atoms with Crippen molar-refractivity contribution in [2.24, 2.45) is 0 Å². The maximum absolute atomic E-state index is 11.5. The molecule has 3 N–H and O–H groups in total. The molecule has 0 amide bonds. The minimum atomic E-state index is -1.05. The van der Waals surface area contributed by atoms with Crippen molar-refractivity contribution in [1.29, 1.82) is 0 Å². The Labute approximate surface area is 126 Å². The lowest BCUT2D eigenvalue weighted by molar-refractivity contribution is -0.598. The van der Waals surface area contributed by atoms with Crippen molar-refractivity contribution in [3.63, 3.8) is 0 Å². The number of hydrogen-bond acceptors (Lipinski definition) is 4. The fourth-order valence-corrected chi connectivity index (χ4v) is 2.24. The Morgan fingerprint density at radius 1 is 1.32 bits per heavy atom. The van der Waals surface area contributed by atoms with E-state index in [4.69, 9.17) is 10.5 Å². The molecule has 0 fully saturated rings. The lowest BCUT2D eigenvalue weighted by atomic mass is 10.1. The van der Waals surface area contributed by atoms with Gasteiger partial charge in [-0.1, -0.05) is 0 Å². The van der Waals surface area contributed by atoms with E-state index in [0.717, 1.165) is 5.39 Å². The maximum atomic E-state index is 11.5. The molecule has 2 aromatic heterocycles. The molecule has 0 aliphatic rings. The van der Waals surface area contributed by atoms with E-state index in [0.29, 0.717) is 22.8 Å². The first kappa shape index (κ1) is 13.8. The normalized spacial score (nSPS) is 10.6. The number of rotatable bonds is 3. The Bertz CT molecular complexity index is 878. The van der Waals surface area contributed by atoms with Crippen LogP contribution in [0.15, 0.2) is 48.8 Å². The third-order valence-electron chi connectivity index (χ3n) is 3.30. The quantitative estimate of drug-likeness (QED) is 0.719. The molecule has 110 valence electrons. The molecule has 3 rings (SSSR count). The van der Waals surface area contributed by atoms with Gasteiger partial charge >= 0.3 is 11.8 Å². The molecule has 0 spiro atoms. The highest BCUT2D eigenvalue weighted by Gasteiger charge is 2.23. The van der Waals surface area contributed by atoms with Crippen LogP contribution in [0.3, 0.4) is 0 Å². The topological polar surface area (TPSA) is 89.3 Å². The monoisotopic (exact) mass is 296 g/mol. The number of anilines is 1. The number of carboxylic acid groups (broad SMARTS) is 1. The van der Waals surface area contributed by atoms with Crippen LogP contribution in [0.5, 0.6) is 5.75 Å². The average molecular weight is 296 g/mol. The fraction of sp³-hybridized carbons (Fsp3) is 0.0625. The number of nitrogen functional groups attached to an aromatic ring is 1. The van der Waals surface area contributed by atoms with Crippen molar-refractivity contribution < 1.29 is 19.2 Å². The first-order valence-corrected chi connectivity index (χ1v) is 6.58. The van der Waals surface area contributed by atoms with E-state index < -0.39 is 5.97 Å². The number of aromatic carboxylic acids is 1. The number of fused-ring (bicyclic) bond motifs is 1. The average Bonchev–Trinajstić information content (AvgIpc) is 2.53. The number of hydrogen-bond donors (Lipinski definition) is 2. The standard InChI is InChI=1S/C16H13N3O3/c1-22-12-5-4-10-7-13(16(20)21)15(18-14(10)8-12)19-6-2-3-11(17)9-19/h2-9H,17H2,1H3/p+1. The van der Waals surface area contributed by atoms with Crippen LogP contribution in [0.25, 0.3) is 16.7 Å². The molecule has 0 radical (unpaired) electrons. The second-order valence-corrected chi connectivity index (χ2v) is 4.77. The van der Waals surface area contributed by atoms with Gasteiger partial charge in [-0.3, -0.25) is 0 Å². The molecule has 3 aromatic rings. The predicted octanol–water partition coefficient (Wildman–Crippen LogP) is 1.80. The zero-order chi connectivity index (χ0) is 15.7. The van der Waals surface area contributed by atoms with E-state index in [1.807, 2.05) is 0 Å². The van der Waals surface area contributed by atoms with Gasteiger partial charge in [0.2, 0.25) is 0 Å². The number of benzene rings is 1. The number of nitrogens with zero attached hydrogens (tertiary/aromatic N) is 2. The first-order valence-electron chi connectivity index (χ1n) is 6.58. The highest BCUT2D eigenvalue weighted by atomic mass is 16.5. The predicted molar refractivity (Wildman–Crippen MR) is 81.2 cm³/mol. The Hall–Kier alpha value is -3.15. The largest absolute Gasteiger partial charge is 0.497 e. The van der Waals surface area contributed by atoms with Crippen molar-refractivity contribution in [1.82, 2.24) is 4.98 Å². The lowest BCUT2D eigenvalue weighted by Crippen LogP contribution is -2.33. The van der Waals surface area contributed by atoms with Gasteiger partial charge in [-0.25, -0.2) is 9.36 Å². The van der Waals surface area contributed by atoms with Crippen molar-refractivity contribution in [2.75, 3.05) is 12.8 Å². The van der Waals surface area contributed by atoms with E-state index in [1.54, 1.807) is 60.5 Å². The van der Waals surface area contributed by atoms with Crippen LogP contribution in [0.2, 0.25) is 0 Å². The Balaban J connectivity index is 2.30. The highest BCUT2D eigenvalue weighted by molar-refractivity contribution is 5.95. The minimum absolute atomic E-state index is 0.105. The third-order valence-corrected chi connectivity index (χ3v) is 3.30. The molecular formula is C16H14N3O3+. The fourth-order valence-electron chi connectivity index (χ4n) is 2.24. The molecule has 1 aromatic carbocycles. The molecule has 0 bridgehead atoms.